The smallest absolute Gasteiger partial charge is 0.329 e. The van der Waals surface area contributed by atoms with Gasteiger partial charge in [-0.1, -0.05) is 72.8 Å². The second kappa shape index (κ2) is 9.44. The summed E-state index contributed by atoms with van der Waals surface area (Å²) in [5.74, 6) is 0. The zero-order valence-corrected chi connectivity index (χ0v) is 25.9. The Kier molecular flexibility index (Phi) is 5.27. The van der Waals surface area contributed by atoms with Crippen LogP contribution in [-0.2, 0) is 0 Å². The van der Waals surface area contributed by atoms with Crippen LogP contribution in [0.5, 0.6) is 0 Å². The van der Waals surface area contributed by atoms with Crippen molar-refractivity contribution in [1.29, 1.82) is 0 Å². The van der Waals surface area contributed by atoms with Gasteiger partial charge in [-0.2, -0.15) is 0 Å². The minimum absolute atomic E-state index is 0.0286. The van der Waals surface area contributed by atoms with E-state index < -0.39 is 0 Å². The van der Waals surface area contributed by atoms with Crippen molar-refractivity contribution >= 4 is 63.3 Å². The number of hydrogen-bond donors (Lipinski definition) is 0. The van der Waals surface area contributed by atoms with E-state index in [0.29, 0.717) is 0 Å². The Morgan fingerprint density at radius 2 is 0.804 bits per heavy atom. The molecular weight excluding hydrogens is 561 g/mol. The predicted octanol–water partition coefficient (Wildman–Crippen LogP) is 7.68. The number of nitrogens with zero attached hydrogens (tertiary/aromatic N) is 5. The Morgan fingerprint density at radius 3 is 1.26 bits per heavy atom. The van der Waals surface area contributed by atoms with Crippen molar-refractivity contribution in [3.05, 3.63) is 133 Å². The lowest BCUT2D eigenvalue weighted by atomic mass is 9.43. The van der Waals surface area contributed by atoms with E-state index in [0.717, 1.165) is 13.3 Å². The first-order valence-electron chi connectivity index (χ1n) is 16.1. The Morgan fingerprint density at radius 1 is 0.413 bits per heavy atom. The molecule has 0 radical (unpaired) electrons. The summed E-state index contributed by atoms with van der Waals surface area (Å²) in [6.45, 7) is 1.68. The van der Waals surface area contributed by atoms with Crippen LogP contribution < -0.4 is 35.3 Å². The molecule has 0 aliphatic carbocycles. The fourth-order valence-electron chi connectivity index (χ4n) is 8.26. The lowest BCUT2D eigenvalue weighted by Crippen LogP contribution is -2.59. The first-order chi connectivity index (χ1) is 22.7. The van der Waals surface area contributed by atoms with Crippen LogP contribution in [0.3, 0.4) is 0 Å². The molecule has 0 bridgehead atoms. The van der Waals surface area contributed by atoms with Gasteiger partial charge in [0.15, 0.2) is 0 Å². The molecule has 10 rings (SSSR count). The van der Waals surface area contributed by atoms with E-state index in [1.165, 1.54) is 78.7 Å². The molecule has 0 amide bonds. The number of benzene rings is 6. The van der Waals surface area contributed by atoms with Gasteiger partial charge in [0.25, 0.3) is 0 Å². The molecule has 4 aliphatic rings. The monoisotopic (exact) mass is 593 g/mol. The van der Waals surface area contributed by atoms with Crippen molar-refractivity contribution in [3.63, 3.8) is 0 Å². The molecule has 5 nitrogen and oxygen atoms in total. The van der Waals surface area contributed by atoms with Crippen LogP contribution in [0.25, 0.3) is 22.3 Å². The maximum Gasteiger partial charge on any atom is 0.329 e. The van der Waals surface area contributed by atoms with Crippen molar-refractivity contribution in [3.8, 4) is 22.3 Å². The van der Waals surface area contributed by atoms with E-state index in [-0.39, 0.29) is 6.85 Å². The van der Waals surface area contributed by atoms with Crippen LogP contribution in [-0.4, -0.2) is 34.3 Å². The number of rotatable bonds is 2. The minimum Gasteiger partial charge on any atom is -0.376 e. The van der Waals surface area contributed by atoms with Crippen molar-refractivity contribution in [2.45, 2.75) is 0 Å². The summed E-state index contributed by atoms with van der Waals surface area (Å²) in [6.07, 6.45) is 0. The zero-order valence-electron chi connectivity index (χ0n) is 25.9. The summed E-state index contributed by atoms with van der Waals surface area (Å²) in [5.41, 5.74) is 17.9. The largest absolute Gasteiger partial charge is 0.376 e. The van der Waals surface area contributed by atoms with Gasteiger partial charge in [0.2, 0.25) is 0 Å². The SMILES string of the molecule is CN1CN(c2ccc3c(c2)B2c4cc(N5CN(C)c6ccccc65)ccc4-c4ccccc4N2c2ccccc2-3)c2ccccc21. The Bertz CT molecular complexity index is 2060. The van der Waals surface area contributed by atoms with Gasteiger partial charge < -0.3 is 24.4 Å². The fourth-order valence-corrected chi connectivity index (χ4v) is 8.26. The molecule has 0 fully saturated rings. The van der Waals surface area contributed by atoms with E-state index in [1.54, 1.807) is 0 Å². The lowest BCUT2D eigenvalue weighted by Gasteiger charge is -2.44. The maximum absolute atomic E-state index is 2.59. The number of hydrogen-bond acceptors (Lipinski definition) is 5. The van der Waals surface area contributed by atoms with Crippen LogP contribution in [0.1, 0.15) is 0 Å². The number of para-hydroxylation sites is 6. The number of fused-ring (bicyclic) bond motifs is 13. The van der Waals surface area contributed by atoms with Gasteiger partial charge in [-0.05, 0) is 82.7 Å². The quantitative estimate of drug-likeness (QED) is 0.191. The van der Waals surface area contributed by atoms with Crippen LogP contribution in [0.2, 0.25) is 0 Å². The minimum atomic E-state index is 0.0286. The Hall–Kier alpha value is -5.62. The van der Waals surface area contributed by atoms with Crippen molar-refractivity contribution in [2.75, 3.05) is 51.8 Å². The molecule has 4 aliphatic heterocycles. The third kappa shape index (κ3) is 3.47. The molecule has 46 heavy (non-hydrogen) atoms. The maximum atomic E-state index is 2.59. The molecular formula is C40H32BN5. The Balaban J connectivity index is 1.21. The topological polar surface area (TPSA) is 16.2 Å². The van der Waals surface area contributed by atoms with Crippen molar-refractivity contribution in [1.82, 2.24) is 0 Å². The third-order valence-corrected chi connectivity index (χ3v) is 10.3. The molecule has 0 atom stereocenters. The van der Waals surface area contributed by atoms with E-state index in [1.807, 2.05) is 0 Å². The highest BCUT2D eigenvalue weighted by Gasteiger charge is 2.43. The Labute approximate surface area is 270 Å². The van der Waals surface area contributed by atoms with Gasteiger partial charge in [0.05, 0.1) is 36.1 Å². The second-order valence-electron chi connectivity index (χ2n) is 12.9. The second-order valence-corrected chi connectivity index (χ2v) is 12.9. The van der Waals surface area contributed by atoms with Gasteiger partial charge in [-0.25, -0.2) is 0 Å². The highest BCUT2D eigenvalue weighted by molar-refractivity contribution is 6.92. The van der Waals surface area contributed by atoms with Crippen molar-refractivity contribution in [2.24, 2.45) is 0 Å². The molecule has 6 heteroatoms. The van der Waals surface area contributed by atoms with Crippen LogP contribution in [0.4, 0.5) is 45.5 Å². The predicted molar refractivity (Wildman–Crippen MR) is 195 cm³/mol. The molecule has 0 unspecified atom stereocenters. The lowest BCUT2D eigenvalue weighted by molar-refractivity contribution is 0.950. The van der Waals surface area contributed by atoms with E-state index in [2.05, 4.69) is 172 Å². The molecule has 0 aromatic heterocycles. The highest BCUT2D eigenvalue weighted by Crippen LogP contribution is 2.48. The summed E-state index contributed by atoms with van der Waals surface area (Å²) in [4.78, 5) is 12.2. The summed E-state index contributed by atoms with van der Waals surface area (Å²) in [5, 5.41) is 0. The molecule has 0 N–H and O–H groups in total. The zero-order chi connectivity index (χ0) is 30.5. The molecule has 6 aromatic carbocycles. The fraction of sp³-hybridized carbons (Fsp3) is 0.100. The molecule has 4 heterocycles. The van der Waals surface area contributed by atoms with Gasteiger partial charge >= 0.3 is 6.85 Å². The van der Waals surface area contributed by atoms with Crippen LogP contribution in [0.15, 0.2) is 133 Å². The summed E-state index contributed by atoms with van der Waals surface area (Å²) in [7, 11) is 4.36. The van der Waals surface area contributed by atoms with Gasteiger partial charge in [0, 0.05) is 48.0 Å². The first kappa shape index (κ1) is 25.7. The van der Waals surface area contributed by atoms with E-state index >= 15 is 0 Å². The molecule has 0 saturated carbocycles. The summed E-state index contributed by atoms with van der Waals surface area (Å²) >= 11 is 0. The summed E-state index contributed by atoms with van der Waals surface area (Å²) < 4.78 is 0. The molecule has 220 valence electrons. The van der Waals surface area contributed by atoms with Gasteiger partial charge in [-0.15, -0.1) is 0 Å². The summed E-state index contributed by atoms with van der Waals surface area (Å²) in [6, 6.07) is 49.6. The molecule has 6 aromatic rings. The highest BCUT2D eigenvalue weighted by atomic mass is 15.4. The average molecular weight is 594 g/mol. The van der Waals surface area contributed by atoms with Gasteiger partial charge in [-0.3, -0.25) is 0 Å². The molecule has 0 spiro atoms. The van der Waals surface area contributed by atoms with Crippen LogP contribution >= 0.6 is 0 Å². The standard InChI is InChI=1S/C40H32BN5/c1-42-25-44(39-17-9-7-15-37(39)42)27-19-21-29-31-11-3-5-13-35(31)46-36-14-6-4-12-32(36)30-22-20-28(24-34(30)41(46)33(29)23-27)45-26-43(2)38-16-8-10-18-40(38)45/h3-24H,25-26H2,1-2H3. The van der Waals surface area contributed by atoms with E-state index in [9.17, 15) is 0 Å². The van der Waals surface area contributed by atoms with Crippen molar-refractivity contribution < 1.29 is 0 Å². The van der Waals surface area contributed by atoms with E-state index in [4.69, 9.17) is 0 Å². The molecule has 0 saturated heterocycles. The number of anilines is 8. The normalized spacial score (nSPS) is 15.2. The first-order valence-corrected chi connectivity index (χ1v) is 16.1. The average Bonchev–Trinajstić information content (AvgIpc) is 3.64. The van der Waals surface area contributed by atoms with Gasteiger partial charge in [0.1, 0.15) is 0 Å². The van der Waals surface area contributed by atoms with Crippen LogP contribution in [0, 0.1) is 0 Å². The third-order valence-electron chi connectivity index (χ3n) is 10.3.